The lowest BCUT2D eigenvalue weighted by Gasteiger charge is -2.22. The van der Waals surface area contributed by atoms with Crippen molar-refractivity contribution in [3.63, 3.8) is 0 Å². The molecule has 0 spiro atoms. The van der Waals surface area contributed by atoms with Crippen molar-refractivity contribution in [2.45, 2.75) is 45.3 Å². The molecule has 0 N–H and O–H groups in total. The number of ether oxygens (including phenoxy) is 2. The van der Waals surface area contributed by atoms with E-state index in [-0.39, 0.29) is 30.2 Å². The van der Waals surface area contributed by atoms with Crippen LogP contribution >= 0.6 is 0 Å². The number of aliphatic imine (C=N–C) groups is 1. The number of allylic oxidation sites excluding steroid dienone is 1. The van der Waals surface area contributed by atoms with Gasteiger partial charge in [0, 0.05) is 30.8 Å². The van der Waals surface area contributed by atoms with Gasteiger partial charge < -0.3 is 9.47 Å². The zero-order valence-corrected chi connectivity index (χ0v) is 19.7. The van der Waals surface area contributed by atoms with Crippen molar-refractivity contribution in [2.24, 2.45) is 4.99 Å². The van der Waals surface area contributed by atoms with Gasteiger partial charge in [-0.15, -0.1) is 0 Å². The molecule has 188 valence electrons. The topological polar surface area (TPSA) is 89.5 Å². The Morgan fingerprint density at radius 2 is 2.03 bits per heavy atom. The summed E-state index contributed by atoms with van der Waals surface area (Å²) in [5.74, 6) is 0.376. The SMILES string of the molecule is Cc1ccc2c(c1)CCn1c-2cc(OCc2ccc(OC3CC=C(C(F)(F)F)C=N3)c(C#N)c2)nc1=O. The number of hydrogen-bond acceptors (Lipinski definition) is 6. The van der Waals surface area contributed by atoms with Crippen molar-refractivity contribution in [1.29, 1.82) is 5.26 Å². The molecule has 0 aliphatic carbocycles. The highest BCUT2D eigenvalue weighted by atomic mass is 19.4. The van der Waals surface area contributed by atoms with Crippen LogP contribution in [0.15, 0.2) is 63.9 Å². The number of rotatable bonds is 5. The first kappa shape index (κ1) is 24.3. The van der Waals surface area contributed by atoms with E-state index in [0.29, 0.717) is 12.1 Å². The number of fused-ring (bicyclic) bond motifs is 3. The summed E-state index contributed by atoms with van der Waals surface area (Å²) in [6, 6.07) is 14.6. The molecule has 10 heteroatoms. The van der Waals surface area contributed by atoms with Crippen molar-refractivity contribution >= 4 is 6.21 Å². The minimum atomic E-state index is -4.46. The van der Waals surface area contributed by atoms with E-state index in [2.05, 4.69) is 16.0 Å². The van der Waals surface area contributed by atoms with Gasteiger partial charge in [0.15, 0.2) is 6.23 Å². The third-order valence-corrected chi connectivity index (χ3v) is 6.19. The normalized spacial score (nSPS) is 16.3. The zero-order chi connectivity index (χ0) is 26.2. The fraction of sp³-hybridized carbons (Fsp3) is 0.259. The summed E-state index contributed by atoms with van der Waals surface area (Å²) in [6.45, 7) is 2.62. The number of dihydropyridines is 1. The molecule has 7 nitrogen and oxygen atoms in total. The minimum Gasteiger partial charge on any atom is -0.473 e. The van der Waals surface area contributed by atoms with E-state index < -0.39 is 23.7 Å². The number of aromatic nitrogens is 2. The molecule has 0 amide bonds. The van der Waals surface area contributed by atoms with E-state index in [4.69, 9.17) is 9.47 Å². The van der Waals surface area contributed by atoms with E-state index in [9.17, 15) is 23.2 Å². The largest absolute Gasteiger partial charge is 0.473 e. The molecule has 3 aromatic rings. The Bertz CT molecular complexity index is 1530. The maximum absolute atomic E-state index is 12.8. The fourth-order valence-corrected chi connectivity index (χ4v) is 4.34. The minimum absolute atomic E-state index is 0.0465. The molecule has 0 fully saturated rings. The second-order valence-electron chi connectivity index (χ2n) is 8.80. The monoisotopic (exact) mass is 506 g/mol. The summed E-state index contributed by atoms with van der Waals surface area (Å²) in [5.41, 5.74) is 3.63. The van der Waals surface area contributed by atoms with Crippen LogP contribution < -0.4 is 15.2 Å². The van der Waals surface area contributed by atoms with Crippen molar-refractivity contribution in [2.75, 3.05) is 0 Å². The Kier molecular flexibility index (Phi) is 6.29. The second-order valence-corrected chi connectivity index (χ2v) is 8.80. The second kappa shape index (κ2) is 9.58. The number of aryl methyl sites for hydroxylation is 2. The molecule has 0 saturated heterocycles. The fourth-order valence-electron chi connectivity index (χ4n) is 4.34. The third-order valence-electron chi connectivity index (χ3n) is 6.19. The first-order chi connectivity index (χ1) is 17.7. The molecule has 2 aliphatic heterocycles. The molecule has 3 heterocycles. The van der Waals surface area contributed by atoms with Crippen molar-refractivity contribution in [1.82, 2.24) is 9.55 Å². The Morgan fingerprint density at radius 1 is 1.19 bits per heavy atom. The van der Waals surface area contributed by atoms with Gasteiger partial charge in [-0.25, -0.2) is 9.79 Å². The van der Waals surface area contributed by atoms with E-state index >= 15 is 0 Å². The van der Waals surface area contributed by atoms with Gasteiger partial charge in [-0.2, -0.15) is 23.4 Å². The Labute approximate surface area is 210 Å². The molecule has 2 aliphatic rings. The molecular formula is C27H21F3N4O3. The molecule has 0 saturated carbocycles. The van der Waals surface area contributed by atoms with Crippen LogP contribution in [-0.4, -0.2) is 28.2 Å². The van der Waals surface area contributed by atoms with Gasteiger partial charge in [-0.05, 0) is 36.6 Å². The molecular weight excluding hydrogens is 485 g/mol. The highest BCUT2D eigenvalue weighted by Crippen LogP contribution is 2.31. The number of alkyl halides is 3. The Balaban J connectivity index is 1.30. The van der Waals surface area contributed by atoms with Crippen LogP contribution in [0.1, 0.15) is 28.7 Å². The van der Waals surface area contributed by atoms with Gasteiger partial charge in [0.25, 0.3) is 0 Å². The number of nitriles is 1. The molecule has 0 bridgehead atoms. The summed E-state index contributed by atoms with van der Waals surface area (Å²) < 4.78 is 51.4. The lowest BCUT2D eigenvalue weighted by Crippen LogP contribution is -2.28. The maximum Gasteiger partial charge on any atom is 0.417 e. The lowest BCUT2D eigenvalue weighted by molar-refractivity contribution is -0.0862. The van der Waals surface area contributed by atoms with Crippen LogP contribution in [-0.2, 0) is 19.6 Å². The van der Waals surface area contributed by atoms with Crippen LogP contribution in [0.25, 0.3) is 11.3 Å². The van der Waals surface area contributed by atoms with Gasteiger partial charge in [0.2, 0.25) is 5.88 Å². The maximum atomic E-state index is 12.8. The number of halogens is 3. The molecule has 1 atom stereocenters. The van der Waals surface area contributed by atoms with Crippen LogP contribution in [0, 0.1) is 18.3 Å². The van der Waals surface area contributed by atoms with Crippen LogP contribution in [0.5, 0.6) is 11.6 Å². The van der Waals surface area contributed by atoms with Crippen LogP contribution in [0.3, 0.4) is 0 Å². The van der Waals surface area contributed by atoms with Gasteiger partial charge in [0.1, 0.15) is 18.4 Å². The zero-order valence-electron chi connectivity index (χ0n) is 19.7. The summed E-state index contributed by atoms with van der Waals surface area (Å²) in [4.78, 5) is 20.5. The van der Waals surface area contributed by atoms with E-state index in [1.807, 2.05) is 25.1 Å². The van der Waals surface area contributed by atoms with E-state index in [1.54, 1.807) is 28.8 Å². The summed E-state index contributed by atoms with van der Waals surface area (Å²) in [6.07, 6.45) is -2.89. The van der Waals surface area contributed by atoms with Crippen LogP contribution in [0.4, 0.5) is 13.2 Å². The molecule has 1 unspecified atom stereocenters. The first-order valence-corrected chi connectivity index (χ1v) is 11.6. The average Bonchev–Trinajstić information content (AvgIpc) is 2.87. The first-order valence-electron chi connectivity index (χ1n) is 11.6. The Morgan fingerprint density at radius 3 is 2.76 bits per heavy atom. The summed E-state index contributed by atoms with van der Waals surface area (Å²) in [5, 5.41) is 9.56. The number of benzene rings is 2. The standard InChI is InChI=1S/C27H21F3N4O3/c1-16-2-5-21-18(10-16)8-9-34-22(21)12-25(33-26(34)35)36-15-17-3-6-23(19(11-17)13-31)37-24-7-4-20(14-32-24)27(28,29)30/h2-6,10-12,14,24H,7-9,15H2,1H3. The number of hydrogen-bond donors (Lipinski definition) is 0. The average molecular weight is 506 g/mol. The molecule has 37 heavy (non-hydrogen) atoms. The quantitative estimate of drug-likeness (QED) is 0.492. The molecule has 5 rings (SSSR count). The van der Waals surface area contributed by atoms with Gasteiger partial charge >= 0.3 is 11.9 Å². The highest BCUT2D eigenvalue weighted by molar-refractivity contribution is 5.81. The predicted molar refractivity (Wildman–Crippen MR) is 130 cm³/mol. The number of nitrogens with zero attached hydrogens (tertiary/aromatic N) is 4. The van der Waals surface area contributed by atoms with Gasteiger partial charge in [-0.1, -0.05) is 35.9 Å². The van der Waals surface area contributed by atoms with Crippen LogP contribution in [0.2, 0.25) is 0 Å². The van der Waals surface area contributed by atoms with Crippen molar-refractivity contribution in [3.05, 3.63) is 86.9 Å². The Hall–Kier alpha value is -4.39. The smallest absolute Gasteiger partial charge is 0.417 e. The van der Waals surface area contributed by atoms with E-state index in [0.717, 1.165) is 35.5 Å². The van der Waals surface area contributed by atoms with E-state index in [1.165, 1.54) is 5.56 Å². The summed E-state index contributed by atoms with van der Waals surface area (Å²) >= 11 is 0. The highest BCUT2D eigenvalue weighted by Gasteiger charge is 2.34. The lowest BCUT2D eigenvalue weighted by atomic mass is 9.96. The molecule has 2 aromatic carbocycles. The van der Waals surface area contributed by atoms with Crippen molar-refractivity contribution in [3.8, 4) is 29.0 Å². The summed E-state index contributed by atoms with van der Waals surface area (Å²) in [7, 11) is 0. The van der Waals surface area contributed by atoms with Gasteiger partial charge in [-0.3, -0.25) is 4.57 Å². The van der Waals surface area contributed by atoms with Crippen molar-refractivity contribution < 1.29 is 22.6 Å². The van der Waals surface area contributed by atoms with Gasteiger partial charge in [0.05, 0.1) is 16.8 Å². The molecule has 1 aromatic heterocycles. The third kappa shape index (κ3) is 5.11. The predicted octanol–water partition coefficient (Wildman–Crippen LogP) is 4.89. The molecule has 0 radical (unpaired) electrons.